The zero-order valence-electron chi connectivity index (χ0n) is 47.6. The maximum Gasteiger partial charge on any atom is 0.306 e. The number of ether oxygens (including phenoxy) is 3. The van der Waals surface area contributed by atoms with E-state index in [1.54, 1.807) is 0 Å². The molecule has 0 heterocycles. The van der Waals surface area contributed by atoms with Crippen molar-refractivity contribution in [3.05, 3.63) is 109 Å². The highest BCUT2D eigenvalue weighted by atomic mass is 16.6. The van der Waals surface area contributed by atoms with Gasteiger partial charge in [0.15, 0.2) is 6.10 Å². The molecule has 0 aromatic carbocycles. The van der Waals surface area contributed by atoms with Crippen LogP contribution in [0, 0.1) is 0 Å². The molecule has 0 saturated heterocycles. The van der Waals surface area contributed by atoms with Crippen LogP contribution in [-0.2, 0) is 28.6 Å². The molecule has 6 nitrogen and oxygen atoms in total. The minimum Gasteiger partial charge on any atom is -0.462 e. The van der Waals surface area contributed by atoms with Crippen LogP contribution in [0.5, 0.6) is 0 Å². The summed E-state index contributed by atoms with van der Waals surface area (Å²) in [5.74, 6) is -0.969. The van der Waals surface area contributed by atoms with E-state index in [1.165, 1.54) is 128 Å². The molecule has 0 spiro atoms. The predicted octanol–water partition coefficient (Wildman–Crippen LogP) is 20.7. The van der Waals surface area contributed by atoms with E-state index in [0.29, 0.717) is 12.8 Å². The van der Waals surface area contributed by atoms with Crippen LogP contribution < -0.4 is 0 Å². The zero-order chi connectivity index (χ0) is 52.9. The minimum absolute atomic E-state index is 0.105. The molecule has 0 aromatic rings. The second-order valence-corrected chi connectivity index (χ2v) is 19.9. The fourth-order valence-corrected chi connectivity index (χ4v) is 8.11. The predicted molar refractivity (Wildman–Crippen MR) is 316 cm³/mol. The highest BCUT2D eigenvalue weighted by Gasteiger charge is 2.19. The van der Waals surface area contributed by atoms with Crippen LogP contribution >= 0.6 is 0 Å². The number of unbranched alkanes of at least 4 members (excludes halogenated alkanes) is 25. The van der Waals surface area contributed by atoms with Gasteiger partial charge in [0.05, 0.1) is 0 Å². The third-order valence-electron chi connectivity index (χ3n) is 12.7. The van der Waals surface area contributed by atoms with E-state index >= 15 is 0 Å². The number of allylic oxidation sites excluding steroid dienone is 18. The molecule has 0 radical (unpaired) electrons. The van der Waals surface area contributed by atoms with Crippen molar-refractivity contribution in [3.63, 3.8) is 0 Å². The summed E-state index contributed by atoms with van der Waals surface area (Å²) in [6.45, 7) is 6.53. The molecule has 0 saturated carbocycles. The maximum atomic E-state index is 12.9. The standard InChI is InChI=1S/C67H112O6/c1-4-7-10-13-16-19-22-25-28-31-33-36-39-42-45-48-51-54-57-60-66(69)72-63-64(62-71-65(68)59-56-53-50-47-44-41-38-35-30-27-24-21-18-15-12-9-6-3)73-67(70)61-58-55-52-49-46-43-40-37-34-32-29-26-23-20-17-14-11-8-5-2/h16-17,19-20,25-30,33-34,36-37,42-43,45-46,64H,4-15,18,21-24,31-32,35,38-41,44,47-63H2,1-3H3/b19-16-,20-17-,28-25-,29-26-,30-27-,36-33-,37-34-,45-42-,46-43-/t64-/m0/s1. The van der Waals surface area contributed by atoms with E-state index in [9.17, 15) is 14.4 Å². The highest BCUT2D eigenvalue weighted by molar-refractivity contribution is 5.71. The smallest absolute Gasteiger partial charge is 0.306 e. The second-order valence-electron chi connectivity index (χ2n) is 19.9. The molecule has 0 fully saturated rings. The number of carbonyl (C=O) groups is 3. The summed E-state index contributed by atoms with van der Waals surface area (Å²) >= 11 is 0. The topological polar surface area (TPSA) is 78.9 Å². The fourth-order valence-electron chi connectivity index (χ4n) is 8.11. The zero-order valence-corrected chi connectivity index (χ0v) is 47.6. The lowest BCUT2D eigenvalue weighted by atomic mass is 10.1. The van der Waals surface area contributed by atoms with Crippen molar-refractivity contribution in [2.75, 3.05) is 13.2 Å². The first-order valence-electron chi connectivity index (χ1n) is 30.4. The molecule has 0 rings (SSSR count). The van der Waals surface area contributed by atoms with Gasteiger partial charge in [0, 0.05) is 19.3 Å². The molecule has 0 bridgehead atoms. The van der Waals surface area contributed by atoms with Gasteiger partial charge in [0.1, 0.15) is 13.2 Å². The van der Waals surface area contributed by atoms with E-state index in [0.717, 1.165) is 109 Å². The Hall–Kier alpha value is -3.93. The second kappa shape index (κ2) is 60.6. The molecule has 0 unspecified atom stereocenters. The first-order valence-corrected chi connectivity index (χ1v) is 30.4. The quantitative estimate of drug-likeness (QED) is 0.0261. The van der Waals surface area contributed by atoms with Gasteiger partial charge in [-0.25, -0.2) is 0 Å². The van der Waals surface area contributed by atoms with Crippen molar-refractivity contribution in [2.45, 2.75) is 284 Å². The molecule has 0 amide bonds. The van der Waals surface area contributed by atoms with Crippen LogP contribution in [0.25, 0.3) is 0 Å². The van der Waals surface area contributed by atoms with Crippen molar-refractivity contribution < 1.29 is 28.6 Å². The van der Waals surface area contributed by atoms with Crippen LogP contribution in [-0.4, -0.2) is 37.2 Å². The van der Waals surface area contributed by atoms with E-state index in [4.69, 9.17) is 14.2 Å². The fraction of sp³-hybridized carbons (Fsp3) is 0.687. The van der Waals surface area contributed by atoms with Crippen molar-refractivity contribution in [1.82, 2.24) is 0 Å². The van der Waals surface area contributed by atoms with Crippen molar-refractivity contribution in [3.8, 4) is 0 Å². The largest absolute Gasteiger partial charge is 0.462 e. The number of hydrogen-bond donors (Lipinski definition) is 0. The summed E-state index contributed by atoms with van der Waals surface area (Å²) in [7, 11) is 0. The van der Waals surface area contributed by atoms with E-state index < -0.39 is 6.10 Å². The van der Waals surface area contributed by atoms with Crippen molar-refractivity contribution >= 4 is 17.9 Å². The summed E-state index contributed by atoms with van der Waals surface area (Å²) in [6.07, 6.45) is 82.2. The Labute approximate surface area is 450 Å². The van der Waals surface area contributed by atoms with Gasteiger partial charge < -0.3 is 14.2 Å². The van der Waals surface area contributed by atoms with Gasteiger partial charge in [-0.15, -0.1) is 0 Å². The van der Waals surface area contributed by atoms with Gasteiger partial charge >= 0.3 is 17.9 Å². The first-order chi connectivity index (χ1) is 36.0. The minimum atomic E-state index is -0.813. The Bertz CT molecular complexity index is 1490. The van der Waals surface area contributed by atoms with Crippen molar-refractivity contribution in [1.29, 1.82) is 0 Å². The van der Waals surface area contributed by atoms with Crippen LogP contribution in [0.15, 0.2) is 109 Å². The lowest BCUT2D eigenvalue weighted by molar-refractivity contribution is -0.167. The summed E-state index contributed by atoms with van der Waals surface area (Å²) in [5.41, 5.74) is 0. The molecule has 0 aliphatic rings. The number of carbonyl (C=O) groups excluding carboxylic acids is 3. The van der Waals surface area contributed by atoms with E-state index in [-0.39, 0.29) is 37.5 Å². The van der Waals surface area contributed by atoms with Gasteiger partial charge in [0.2, 0.25) is 0 Å². The van der Waals surface area contributed by atoms with Gasteiger partial charge in [-0.1, -0.05) is 233 Å². The molecular formula is C67H112O6. The third-order valence-corrected chi connectivity index (χ3v) is 12.7. The molecule has 0 N–H and O–H groups in total. The number of rotatable bonds is 54. The summed E-state index contributed by atoms with van der Waals surface area (Å²) < 4.78 is 16.9. The number of hydrogen-bond acceptors (Lipinski definition) is 6. The van der Waals surface area contributed by atoms with E-state index in [2.05, 4.69) is 130 Å². The summed E-state index contributed by atoms with van der Waals surface area (Å²) in [6, 6.07) is 0. The molecule has 416 valence electrons. The Kier molecular flexibility index (Phi) is 57.4. The normalized spacial score (nSPS) is 12.9. The molecule has 73 heavy (non-hydrogen) atoms. The van der Waals surface area contributed by atoms with Gasteiger partial charge in [-0.05, 0) is 135 Å². The molecule has 0 aliphatic heterocycles. The van der Waals surface area contributed by atoms with Crippen LogP contribution in [0.4, 0.5) is 0 Å². The lowest BCUT2D eigenvalue weighted by Crippen LogP contribution is -2.30. The monoisotopic (exact) mass is 1010 g/mol. The Morgan fingerprint density at radius 1 is 0.274 bits per heavy atom. The van der Waals surface area contributed by atoms with Crippen LogP contribution in [0.2, 0.25) is 0 Å². The molecule has 6 heteroatoms. The first kappa shape index (κ1) is 69.1. The molecular weight excluding hydrogens is 901 g/mol. The summed E-state index contributed by atoms with van der Waals surface area (Å²) in [5, 5.41) is 0. The summed E-state index contributed by atoms with van der Waals surface area (Å²) in [4.78, 5) is 38.2. The molecule has 0 aliphatic carbocycles. The average Bonchev–Trinajstić information content (AvgIpc) is 3.39. The number of esters is 3. The molecule has 1 atom stereocenters. The van der Waals surface area contributed by atoms with Crippen LogP contribution in [0.1, 0.15) is 278 Å². The van der Waals surface area contributed by atoms with Gasteiger partial charge in [-0.3, -0.25) is 14.4 Å². The Morgan fingerprint density at radius 2 is 0.493 bits per heavy atom. The Balaban J connectivity index is 4.53. The average molecular weight is 1010 g/mol. The Morgan fingerprint density at radius 3 is 0.822 bits per heavy atom. The van der Waals surface area contributed by atoms with Crippen molar-refractivity contribution in [2.24, 2.45) is 0 Å². The van der Waals surface area contributed by atoms with Gasteiger partial charge in [-0.2, -0.15) is 0 Å². The lowest BCUT2D eigenvalue weighted by Gasteiger charge is -2.18. The van der Waals surface area contributed by atoms with E-state index in [1.807, 2.05) is 0 Å². The molecule has 0 aromatic heterocycles. The van der Waals surface area contributed by atoms with Gasteiger partial charge in [0.25, 0.3) is 0 Å². The SMILES string of the molecule is CCCCC/C=C\C/C=C\C/C=C\C/C=C\CCCCCC(=O)OC[C@H](COC(=O)CCCCCCCCC/C=C\CCCCCCCC)OC(=O)CCCCC/C=C\C/C=C\C/C=C\C/C=C\CCCCC. The maximum absolute atomic E-state index is 12.9. The van der Waals surface area contributed by atoms with Crippen LogP contribution in [0.3, 0.4) is 0 Å². The third kappa shape index (κ3) is 58.8. The highest BCUT2D eigenvalue weighted by Crippen LogP contribution is 2.14.